The van der Waals surface area contributed by atoms with Gasteiger partial charge in [-0.3, -0.25) is 4.79 Å². The number of thiophene rings is 2. The van der Waals surface area contributed by atoms with Crippen molar-refractivity contribution in [3.05, 3.63) is 62.8 Å². The molecule has 1 unspecified atom stereocenters. The SMILES string of the molecule is O=C(NCC(O)(c1ccsc1)c1cccs1)c1ccno1. The molecule has 0 spiro atoms. The van der Waals surface area contributed by atoms with Crippen molar-refractivity contribution in [3.63, 3.8) is 0 Å². The van der Waals surface area contributed by atoms with Gasteiger partial charge in [-0.2, -0.15) is 11.3 Å². The van der Waals surface area contributed by atoms with E-state index in [0.29, 0.717) is 0 Å². The Hall–Kier alpha value is -1.96. The maximum Gasteiger partial charge on any atom is 0.290 e. The second-order valence-corrected chi connectivity index (χ2v) is 6.14. The van der Waals surface area contributed by atoms with Crippen molar-refractivity contribution < 1.29 is 14.4 Å². The number of hydrogen-bond donors (Lipinski definition) is 2. The third-order valence-electron chi connectivity index (χ3n) is 3.09. The summed E-state index contributed by atoms with van der Waals surface area (Å²) in [5.41, 5.74) is -0.489. The molecular weight excluding hydrogens is 308 g/mol. The predicted octanol–water partition coefficient (Wildman–Crippen LogP) is 2.46. The summed E-state index contributed by atoms with van der Waals surface area (Å²) in [6.45, 7) is 0.0593. The summed E-state index contributed by atoms with van der Waals surface area (Å²) in [7, 11) is 0. The Kier molecular flexibility index (Phi) is 3.87. The molecule has 0 saturated heterocycles. The maximum absolute atomic E-state index is 11.9. The van der Waals surface area contributed by atoms with Gasteiger partial charge < -0.3 is 14.9 Å². The van der Waals surface area contributed by atoms with Gasteiger partial charge in [0.15, 0.2) is 0 Å². The van der Waals surface area contributed by atoms with Crippen molar-refractivity contribution in [1.82, 2.24) is 10.5 Å². The lowest BCUT2D eigenvalue weighted by Crippen LogP contribution is -2.40. The number of aliphatic hydroxyl groups is 1. The van der Waals surface area contributed by atoms with E-state index >= 15 is 0 Å². The highest BCUT2D eigenvalue weighted by Crippen LogP contribution is 2.33. The van der Waals surface area contributed by atoms with Gasteiger partial charge in [-0.05, 0) is 28.3 Å². The van der Waals surface area contributed by atoms with E-state index in [-0.39, 0.29) is 12.3 Å². The number of amides is 1. The highest BCUT2D eigenvalue weighted by Gasteiger charge is 2.34. The molecule has 1 atom stereocenters. The number of carbonyl (C=O) groups excluding carboxylic acids is 1. The first-order valence-electron chi connectivity index (χ1n) is 6.18. The zero-order valence-electron chi connectivity index (χ0n) is 10.9. The summed E-state index contributed by atoms with van der Waals surface area (Å²) in [6, 6.07) is 7.05. The molecule has 1 amide bonds. The van der Waals surface area contributed by atoms with E-state index in [0.717, 1.165) is 10.4 Å². The van der Waals surface area contributed by atoms with Crippen molar-refractivity contribution in [2.75, 3.05) is 6.54 Å². The Labute approximate surface area is 128 Å². The van der Waals surface area contributed by atoms with Gasteiger partial charge in [0.2, 0.25) is 5.76 Å². The summed E-state index contributed by atoms with van der Waals surface area (Å²) in [4.78, 5) is 12.7. The fraction of sp³-hybridized carbons (Fsp3) is 0.143. The van der Waals surface area contributed by atoms with Gasteiger partial charge in [-0.15, -0.1) is 11.3 Å². The van der Waals surface area contributed by atoms with E-state index in [2.05, 4.69) is 10.5 Å². The van der Waals surface area contributed by atoms with Crippen molar-refractivity contribution in [2.45, 2.75) is 5.60 Å². The molecule has 3 rings (SSSR count). The van der Waals surface area contributed by atoms with E-state index < -0.39 is 11.5 Å². The van der Waals surface area contributed by atoms with Crippen molar-refractivity contribution in [3.8, 4) is 0 Å². The zero-order chi connectivity index (χ0) is 14.7. The van der Waals surface area contributed by atoms with Crippen LogP contribution in [0.2, 0.25) is 0 Å². The van der Waals surface area contributed by atoms with Crippen LogP contribution in [0.5, 0.6) is 0 Å². The highest BCUT2D eigenvalue weighted by atomic mass is 32.1. The Morgan fingerprint density at radius 1 is 1.38 bits per heavy atom. The largest absolute Gasteiger partial charge is 0.378 e. The van der Waals surface area contributed by atoms with E-state index in [4.69, 9.17) is 4.52 Å². The third kappa shape index (κ3) is 2.76. The minimum Gasteiger partial charge on any atom is -0.378 e. The van der Waals surface area contributed by atoms with Crippen molar-refractivity contribution in [1.29, 1.82) is 0 Å². The molecule has 0 saturated carbocycles. The maximum atomic E-state index is 11.9. The molecule has 0 aliphatic heterocycles. The fourth-order valence-corrected chi connectivity index (χ4v) is 3.54. The monoisotopic (exact) mass is 320 g/mol. The van der Waals surface area contributed by atoms with Crippen LogP contribution in [0.1, 0.15) is 21.0 Å². The van der Waals surface area contributed by atoms with Crippen LogP contribution in [0.3, 0.4) is 0 Å². The summed E-state index contributed by atoms with van der Waals surface area (Å²) in [5, 5.41) is 22.9. The van der Waals surface area contributed by atoms with Gasteiger partial charge in [-0.1, -0.05) is 11.2 Å². The summed E-state index contributed by atoms with van der Waals surface area (Å²) >= 11 is 2.94. The number of nitrogens with zero attached hydrogens (tertiary/aromatic N) is 1. The van der Waals surface area contributed by atoms with Crippen molar-refractivity contribution >= 4 is 28.6 Å². The Bertz CT molecular complexity index is 657. The average molecular weight is 320 g/mol. The topological polar surface area (TPSA) is 75.4 Å². The van der Waals surface area contributed by atoms with E-state index in [1.165, 1.54) is 34.9 Å². The van der Waals surface area contributed by atoms with Crippen LogP contribution in [0.25, 0.3) is 0 Å². The van der Waals surface area contributed by atoms with Crippen LogP contribution in [0.15, 0.2) is 51.1 Å². The average Bonchev–Trinajstić information content (AvgIpc) is 3.27. The number of nitrogens with one attached hydrogen (secondary N) is 1. The van der Waals surface area contributed by atoms with Gasteiger partial charge in [0, 0.05) is 16.5 Å². The minimum atomic E-state index is -1.25. The molecule has 3 aromatic heterocycles. The van der Waals surface area contributed by atoms with Gasteiger partial charge in [0.25, 0.3) is 5.91 Å². The summed E-state index contributed by atoms with van der Waals surface area (Å²) in [5.74, 6) is -0.286. The summed E-state index contributed by atoms with van der Waals surface area (Å²) in [6.07, 6.45) is 1.40. The van der Waals surface area contributed by atoms with Gasteiger partial charge in [0.1, 0.15) is 5.60 Å². The van der Waals surface area contributed by atoms with E-state index in [1.54, 1.807) is 0 Å². The smallest absolute Gasteiger partial charge is 0.290 e. The third-order valence-corrected chi connectivity index (χ3v) is 4.80. The summed E-state index contributed by atoms with van der Waals surface area (Å²) < 4.78 is 4.80. The van der Waals surface area contributed by atoms with Gasteiger partial charge in [0.05, 0.1) is 12.7 Å². The molecule has 5 nitrogen and oxygen atoms in total. The van der Waals surface area contributed by atoms with Gasteiger partial charge >= 0.3 is 0 Å². The quantitative estimate of drug-likeness (QED) is 0.757. The first-order chi connectivity index (χ1) is 10.2. The Morgan fingerprint density at radius 2 is 2.29 bits per heavy atom. The molecule has 3 aromatic rings. The Balaban J connectivity index is 1.83. The molecule has 0 aliphatic carbocycles. The lowest BCUT2D eigenvalue weighted by molar-refractivity contribution is 0.0701. The molecule has 0 radical (unpaired) electrons. The molecule has 108 valence electrons. The number of rotatable bonds is 5. The van der Waals surface area contributed by atoms with E-state index in [1.807, 2.05) is 34.3 Å². The molecule has 0 aliphatic rings. The molecule has 0 aromatic carbocycles. The fourth-order valence-electron chi connectivity index (χ4n) is 1.97. The molecular formula is C14H12N2O3S2. The van der Waals surface area contributed by atoms with Crippen LogP contribution in [0.4, 0.5) is 0 Å². The molecule has 0 bridgehead atoms. The number of aromatic nitrogens is 1. The molecule has 7 heteroatoms. The predicted molar refractivity (Wildman–Crippen MR) is 80.5 cm³/mol. The lowest BCUT2D eigenvalue weighted by Gasteiger charge is -2.26. The van der Waals surface area contributed by atoms with Crippen LogP contribution < -0.4 is 5.32 Å². The van der Waals surface area contributed by atoms with Crippen LogP contribution in [-0.2, 0) is 5.60 Å². The van der Waals surface area contributed by atoms with E-state index in [9.17, 15) is 9.90 Å². The first kappa shape index (κ1) is 14.0. The molecule has 0 fully saturated rings. The molecule has 2 N–H and O–H groups in total. The van der Waals surface area contributed by atoms with Crippen LogP contribution in [-0.4, -0.2) is 22.7 Å². The second-order valence-electron chi connectivity index (χ2n) is 4.41. The first-order valence-corrected chi connectivity index (χ1v) is 8.00. The van der Waals surface area contributed by atoms with Crippen LogP contribution in [0, 0.1) is 0 Å². The number of carbonyl (C=O) groups is 1. The van der Waals surface area contributed by atoms with Gasteiger partial charge in [-0.25, -0.2) is 0 Å². The highest BCUT2D eigenvalue weighted by molar-refractivity contribution is 7.10. The minimum absolute atomic E-state index is 0.0593. The molecule has 3 heterocycles. The standard InChI is InChI=1S/C14H12N2O3S2/c17-13(11-3-5-16-19-11)15-9-14(18,10-4-7-20-8-10)12-2-1-6-21-12/h1-8,18H,9H2,(H,15,17). The molecule has 21 heavy (non-hydrogen) atoms. The normalized spacial score (nSPS) is 13.8. The number of hydrogen-bond acceptors (Lipinski definition) is 6. The zero-order valence-corrected chi connectivity index (χ0v) is 12.5. The lowest BCUT2D eigenvalue weighted by atomic mass is 9.94. The Morgan fingerprint density at radius 3 is 2.90 bits per heavy atom. The van der Waals surface area contributed by atoms with Crippen LogP contribution >= 0.6 is 22.7 Å². The second kappa shape index (κ2) is 5.80. The van der Waals surface area contributed by atoms with Crippen molar-refractivity contribution in [2.24, 2.45) is 0 Å².